The summed E-state index contributed by atoms with van der Waals surface area (Å²) in [5.41, 5.74) is 0. The first-order valence-corrected chi connectivity index (χ1v) is 15.7. The highest BCUT2D eigenvalue weighted by atomic mass is 28.4. The second kappa shape index (κ2) is 14.1. The molecule has 6 heteroatoms. The lowest BCUT2D eigenvalue weighted by Gasteiger charge is -2.38. The third-order valence-corrected chi connectivity index (χ3v) is 11.5. The lowest BCUT2D eigenvalue weighted by atomic mass is 9.85. The summed E-state index contributed by atoms with van der Waals surface area (Å²) in [5.74, 6) is -0.208. The van der Waals surface area contributed by atoms with Crippen LogP contribution in [0.1, 0.15) is 91.9 Å². The van der Waals surface area contributed by atoms with Crippen LogP contribution in [0.2, 0.25) is 18.1 Å². The van der Waals surface area contributed by atoms with E-state index in [1.807, 2.05) is 0 Å². The Morgan fingerprint density at radius 3 is 2.42 bits per heavy atom. The predicted molar refractivity (Wildman–Crippen MR) is 137 cm³/mol. The number of aliphatic hydroxyl groups is 1. The molecule has 5 nitrogen and oxygen atoms in total. The minimum atomic E-state index is -2.10. The molecule has 0 aromatic rings. The summed E-state index contributed by atoms with van der Waals surface area (Å²) >= 11 is 0. The van der Waals surface area contributed by atoms with Crippen molar-refractivity contribution in [2.45, 2.75) is 116 Å². The molecule has 0 saturated heterocycles. The topological polar surface area (TPSA) is 72.8 Å². The lowest BCUT2D eigenvalue weighted by molar-refractivity contribution is -0.140. The van der Waals surface area contributed by atoms with E-state index in [0.717, 1.165) is 37.9 Å². The second-order valence-corrected chi connectivity index (χ2v) is 15.6. The Morgan fingerprint density at radius 2 is 1.82 bits per heavy atom. The monoisotopic (exact) mass is 480 g/mol. The molecule has 3 atom stereocenters. The lowest BCUT2D eigenvalue weighted by Crippen LogP contribution is -2.41. The van der Waals surface area contributed by atoms with Gasteiger partial charge in [0.05, 0.1) is 24.9 Å². The van der Waals surface area contributed by atoms with Gasteiger partial charge in [0.2, 0.25) is 8.32 Å². The van der Waals surface area contributed by atoms with Crippen molar-refractivity contribution in [2.24, 2.45) is 11.8 Å². The molecule has 0 bridgehead atoms. The predicted octanol–water partition coefficient (Wildman–Crippen LogP) is 6.72. The minimum absolute atomic E-state index is 0.0294. The van der Waals surface area contributed by atoms with Gasteiger partial charge < -0.3 is 14.3 Å². The van der Waals surface area contributed by atoms with Gasteiger partial charge in [0, 0.05) is 18.4 Å². The molecule has 1 rings (SSSR count). The van der Waals surface area contributed by atoms with E-state index < -0.39 is 20.3 Å². The number of methoxy groups -OCH3 is 1. The standard InChI is InChI=1S/C27H48O5Si/c1-8-9-10-11-12-14-17-21-24(32-33(6,7)27(2,3)4)20-23(29)26(21)22(28)18-15-13-16-19-25(30)31-5/h14,17,20-22,26,28H,8-13,15-16,18-19H2,1-7H3. The average molecular weight is 481 g/mol. The number of aliphatic hydroxyl groups excluding tert-OH is 1. The number of ketones is 1. The van der Waals surface area contributed by atoms with Crippen molar-refractivity contribution in [3.63, 3.8) is 0 Å². The second-order valence-electron chi connectivity index (χ2n) is 10.9. The number of ether oxygens (including phenoxy) is 1. The zero-order valence-electron chi connectivity index (χ0n) is 22.1. The molecule has 0 aromatic carbocycles. The molecule has 0 spiro atoms. The molecule has 33 heavy (non-hydrogen) atoms. The molecular formula is C27H48O5Si. The van der Waals surface area contributed by atoms with Crippen molar-refractivity contribution in [1.29, 1.82) is 0 Å². The first-order valence-electron chi connectivity index (χ1n) is 12.8. The number of unbranched alkanes of at least 4 members (excludes halogenated alkanes) is 6. The van der Waals surface area contributed by atoms with Crippen molar-refractivity contribution in [3.8, 4) is 0 Å². The Labute approximate surface area is 203 Å². The highest BCUT2D eigenvalue weighted by molar-refractivity contribution is 6.74. The van der Waals surface area contributed by atoms with Gasteiger partial charge in [-0.1, -0.05) is 72.0 Å². The summed E-state index contributed by atoms with van der Waals surface area (Å²) in [6, 6.07) is 0. The summed E-state index contributed by atoms with van der Waals surface area (Å²) in [6.07, 6.45) is 14.2. The van der Waals surface area contributed by atoms with Crippen LogP contribution >= 0.6 is 0 Å². The largest absolute Gasteiger partial charge is 0.546 e. The summed E-state index contributed by atoms with van der Waals surface area (Å²) in [5, 5.41) is 11.0. The molecule has 0 aliphatic heterocycles. The molecule has 1 N–H and O–H groups in total. The number of esters is 1. The molecule has 0 radical (unpaired) electrons. The Hall–Kier alpha value is -1.40. The zero-order valence-corrected chi connectivity index (χ0v) is 23.1. The van der Waals surface area contributed by atoms with E-state index in [1.165, 1.54) is 26.4 Å². The van der Waals surface area contributed by atoms with E-state index in [9.17, 15) is 14.7 Å². The van der Waals surface area contributed by atoms with E-state index in [4.69, 9.17) is 4.43 Å². The quantitative estimate of drug-likeness (QED) is 0.122. The van der Waals surface area contributed by atoms with Gasteiger partial charge in [-0.25, -0.2) is 0 Å². The molecular weight excluding hydrogens is 432 g/mol. The number of hydrogen-bond acceptors (Lipinski definition) is 5. The molecule has 1 aliphatic rings. The van der Waals surface area contributed by atoms with E-state index in [1.54, 1.807) is 6.08 Å². The van der Waals surface area contributed by atoms with Crippen molar-refractivity contribution in [1.82, 2.24) is 0 Å². The third-order valence-electron chi connectivity index (χ3n) is 7.10. The van der Waals surface area contributed by atoms with Gasteiger partial charge in [-0.05, 0) is 43.8 Å². The number of rotatable bonds is 15. The van der Waals surface area contributed by atoms with Gasteiger partial charge >= 0.3 is 5.97 Å². The summed E-state index contributed by atoms with van der Waals surface area (Å²) in [6.45, 7) is 13.2. The highest BCUT2D eigenvalue weighted by Gasteiger charge is 2.45. The molecule has 3 unspecified atom stereocenters. The molecule has 0 aromatic heterocycles. The van der Waals surface area contributed by atoms with Crippen LogP contribution in [-0.4, -0.2) is 38.4 Å². The number of hydrogen-bond donors (Lipinski definition) is 1. The minimum Gasteiger partial charge on any atom is -0.546 e. The van der Waals surface area contributed by atoms with Gasteiger partial charge in [-0.15, -0.1) is 0 Å². The van der Waals surface area contributed by atoms with Crippen LogP contribution in [-0.2, 0) is 18.8 Å². The first kappa shape index (κ1) is 29.6. The Morgan fingerprint density at radius 1 is 1.15 bits per heavy atom. The Bertz CT molecular complexity index is 674. The Kier molecular flexibility index (Phi) is 12.7. The van der Waals surface area contributed by atoms with Crippen LogP contribution in [0, 0.1) is 11.8 Å². The van der Waals surface area contributed by atoms with Crippen LogP contribution in [0.3, 0.4) is 0 Å². The van der Waals surface area contributed by atoms with Gasteiger partial charge in [0.15, 0.2) is 5.78 Å². The van der Waals surface area contributed by atoms with Crippen molar-refractivity contribution < 1.29 is 23.9 Å². The van der Waals surface area contributed by atoms with Gasteiger partial charge in [0.25, 0.3) is 0 Å². The molecule has 0 saturated carbocycles. The van der Waals surface area contributed by atoms with E-state index >= 15 is 0 Å². The van der Waals surface area contributed by atoms with Crippen LogP contribution < -0.4 is 0 Å². The maximum Gasteiger partial charge on any atom is 0.305 e. The fourth-order valence-corrected chi connectivity index (χ4v) is 4.98. The molecule has 0 heterocycles. The number of allylic oxidation sites excluding steroid dienone is 3. The van der Waals surface area contributed by atoms with Crippen LogP contribution in [0.15, 0.2) is 24.0 Å². The van der Waals surface area contributed by atoms with Gasteiger partial charge in [0.1, 0.15) is 0 Å². The van der Waals surface area contributed by atoms with E-state index in [0.29, 0.717) is 12.8 Å². The van der Waals surface area contributed by atoms with Crippen LogP contribution in [0.25, 0.3) is 0 Å². The molecule has 0 fully saturated rings. The fraction of sp³-hybridized carbons (Fsp3) is 0.778. The average Bonchev–Trinajstić information content (AvgIpc) is 3.03. The normalized spacial score (nSPS) is 20.2. The van der Waals surface area contributed by atoms with E-state index in [2.05, 4.69) is 57.7 Å². The number of carbonyl (C=O) groups excluding carboxylic acids is 2. The summed E-state index contributed by atoms with van der Waals surface area (Å²) in [4.78, 5) is 24.2. The zero-order chi connectivity index (χ0) is 25.1. The third kappa shape index (κ3) is 9.77. The maximum absolute atomic E-state index is 13.0. The van der Waals surface area contributed by atoms with Gasteiger partial charge in [-0.3, -0.25) is 9.59 Å². The SMILES string of the molecule is CCCCCCC=CC1C(O[Si](C)(C)C(C)(C)C)=CC(=O)C1C(O)CCCCCC(=O)OC. The highest BCUT2D eigenvalue weighted by Crippen LogP contribution is 2.43. The Balaban J connectivity index is 2.85. The van der Waals surface area contributed by atoms with Crippen molar-refractivity contribution in [2.75, 3.05) is 7.11 Å². The molecule has 1 aliphatic carbocycles. The number of carbonyl (C=O) groups is 2. The maximum atomic E-state index is 13.0. The molecule has 0 amide bonds. The smallest absolute Gasteiger partial charge is 0.305 e. The first-order chi connectivity index (χ1) is 15.4. The van der Waals surface area contributed by atoms with E-state index in [-0.39, 0.29) is 22.7 Å². The van der Waals surface area contributed by atoms with Gasteiger partial charge in [-0.2, -0.15) is 0 Å². The van der Waals surface area contributed by atoms with Crippen LogP contribution in [0.5, 0.6) is 0 Å². The summed E-state index contributed by atoms with van der Waals surface area (Å²) < 4.78 is 11.2. The van der Waals surface area contributed by atoms with Crippen LogP contribution in [0.4, 0.5) is 0 Å². The van der Waals surface area contributed by atoms with Crippen molar-refractivity contribution in [3.05, 3.63) is 24.0 Å². The summed E-state index contributed by atoms with van der Waals surface area (Å²) in [7, 11) is -0.707. The fourth-order valence-electron chi connectivity index (χ4n) is 3.89. The molecule has 190 valence electrons. The van der Waals surface area contributed by atoms with Crippen molar-refractivity contribution >= 4 is 20.1 Å².